The third-order valence-electron chi connectivity index (χ3n) is 1.00. The molecule has 1 unspecified atom stereocenters. The largest absolute Gasteiger partial charge is 0.296 e. The summed E-state index contributed by atoms with van der Waals surface area (Å²) in [4.78, 5) is 20.6. The molecular weight excluding hydrogens is 106 g/mol. The highest BCUT2D eigenvalue weighted by molar-refractivity contribution is 6.03. The summed E-state index contributed by atoms with van der Waals surface area (Å²) in [5.41, 5.74) is 0. The monoisotopic (exact) mass is 111 g/mol. The van der Waals surface area contributed by atoms with Gasteiger partial charge in [-0.2, -0.15) is 0 Å². The highest BCUT2D eigenvalue weighted by atomic mass is 16.2. The fourth-order valence-electron chi connectivity index (χ4n) is 0.574. The third-order valence-corrected chi connectivity index (χ3v) is 1.00. The Bertz CT molecular complexity index is 141. The van der Waals surface area contributed by atoms with Crippen LogP contribution in [-0.4, -0.2) is 11.8 Å². The topological polar surface area (TPSA) is 46.2 Å². The summed E-state index contributed by atoms with van der Waals surface area (Å²) in [6, 6.07) is 0. The molecule has 1 heterocycles. The first kappa shape index (κ1) is 5.28. The summed E-state index contributed by atoms with van der Waals surface area (Å²) in [7, 11) is 0. The predicted molar refractivity (Wildman–Crippen MR) is 25.6 cm³/mol. The lowest BCUT2D eigenvalue weighted by Gasteiger charge is -1.87. The van der Waals surface area contributed by atoms with Crippen LogP contribution >= 0.6 is 0 Å². The molecule has 8 heavy (non-hydrogen) atoms. The van der Waals surface area contributed by atoms with Gasteiger partial charge in [-0.3, -0.25) is 14.9 Å². The Kier molecular flexibility index (Phi) is 1.04. The molecule has 0 aliphatic carbocycles. The smallest absolute Gasteiger partial charge is 0.230 e. The SMILES string of the molecule is [CH]C1CC(=O)NC1=O. The standard InChI is InChI=1S/C5H5NO2/c1-3-2-4(7)6-5(3)8/h1,3H,2H2,(H,6,7,8). The Balaban J connectivity index is 2.64. The van der Waals surface area contributed by atoms with Crippen molar-refractivity contribution in [2.45, 2.75) is 6.42 Å². The van der Waals surface area contributed by atoms with Crippen LogP contribution in [0.2, 0.25) is 0 Å². The van der Waals surface area contributed by atoms with E-state index in [0.717, 1.165) is 0 Å². The van der Waals surface area contributed by atoms with Crippen molar-refractivity contribution in [1.82, 2.24) is 5.32 Å². The predicted octanol–water partition coefficient (Wildman–Crippen LogP) is -0.640. The van der Waals surface area contributed by atoms with E-state index in [1.165, 1.54) is 0 Å². The summed E-state index contributed by atoms with van der Waals surface area (Å²) in [5, 5.41) is 2.06. The van der Waals surface area contributed by atoms with Crippen molar-refractivity contribution in [1.29, 1.82) is 0 Å². The maximum absolute atomic E-state index is 10.3. The number of hydrogen-bond donors (Lipinski definition) is 1. The number of carbonyl (C=O) groups excluding carboxylic acids is 2. The van der Waals surface area contributed by atoms with Crippen LogP contribution in [0.3, 0.4) is 0 Å². The molecule has 0 spiro atoms. The number of nitrogens with one attached hydrogen (secondary N) is 1. The zero-order chi connectivity index (χ0) is 6.15. The van der Waals surface area contributed by atoms with E-state index in [4.69, 9.17) is 6.92 Å². The lowest BCUT2D eigenvalue weighted by atomic mass is 10.1. The molecule has 1 aliphatic heterocycles. The molecule has 0 saturated carbocycles. The Morgan fingerprint density at radius 2 is 2.25 bits per heavy atom. The first-order valence-electron chi connectivity index (χ1n) is 2.29. The molecular formula is C5H5NO2. The van der Waals surface area contributed by atoms with Crippen LogP contribution in [0.5, 0.6) is 0 Å². The molecule has 42 valence electrons. The van der Waals surface area contributed by atoms with Gasteiger partial charge in [0.15, 0.2) is 0 Å². The lowest BCUT2D eigenvalue weighted by molar-refractivity contribution is -0.125. The summed E-state index contributed by atoms with van der Waals surface area (Å²) < 4.78 is 0. The van der Waals surface area contributed by atoms with Crippen LogP contribution in [0.1, 0.15) is 6.42 Å². The van der Waals surface area contributed by atoms with Crippen LogP contribution < -0.4 is 5.32 Å². The summed E-state index contributed by atoms with van der Waals surface area (Å²) >= 11 is 0. The van der Waals surface area contributed by atoms with Crippen molar-refractivity contribution in [3.63, 3.8) is 0 Å². The van der Waals surface area contributed by atoms with E-state index >= 15 is 0 Å². The van der Waals surface area contributed by atoms with Crippen LogP contribution in [0.4, 0.5) is 0 Å². The van der Waals surface area contributed by atoms with Gasteiger partial charge in [0.05, 0.1) is 5.92 Å². The number of imide groups is 1. The van der Waals surface area contributed by atoms with E-state index in [0.29, 0.717) is 0 Å². The van der Waals surface area contributed by atoms with Gasteiger partial charge in [0.2, 0.25) is 11.8 Å². The molecule has 0 bridgehead atoms. The first-order valence-corrected chi connectivity index (χ1v) is 2.29. The minimum atomic E-state index is -0.609. The molecule has 1 atom stereocenters. The molecule has 1 fully saturated rings. The van der Waals surface area contributed by atoms with E-state index in [1.807, 2.05) is 0 Å². The van der Waals surface area contributed by atoms with Gasteiger partial charge in [-0.25, -0.2) is 0 Å². The van der Waals surface area contributed by atoms with Gasteiger partial charge >= 0.3 is 0 Å². The highest BCUT2D eigenvalue weighted by Gasteiger charge is 2.25. The Morgan fingerprint density at radius 1 is 1.62 bits per heavy atom. The van der Waals surface area contributed by atoms with E-state index in [-0.39, 0.29) is 18.2 Å². The van der Waals surface area contributed by atoms with Crippen molar-refractivity contribution in [3.8, 4) is 0 Å². The second-order valence-corrected chi connectivity index (χ2v) is 1.72. The third kappa shape index (κ3) is 0.710. The normalized spacial score (nSPS) is 28.4. The van der Waals surface area contributed by atoms with E-state index < -0.39 is 5.92 Å². The van der Waals surface area contributed by atoms with E-state index in [9.17, 15) is 9.59 Å². The van der Waals surface area contributed by atoms with Crippen LogP contribution in [-0.2, 0) is 9.59 Å². The number of amides is 2. The molecule has 0 aromatic heterocycles. The van der Waals surface area contributed by atoms with Gasteiger partial charge in [-0.1, -0.05) is 0 Å². The van der Waals surface area contributed by atoms with Gasteiger partial charge in [-0.15, -0.1) is 0 Å². The van der Waals surface area contributed by atoms with Gasteiger partial charge < -0.3 is 0 Å². The fraction of sp³-hybridized carbons (Fsp3) is 0.400. The lowest BCUT2D eigenvalue weighted by Crippen LogP contribution is -2.20. The van der Waals surface area contributed by atoms with Gasteiger partial charge in [-0.05, 0) is 6.92 Å². The summed E-state index contributed by atoms with van der Waals surface area (Å²) in [6.07, 6.45) is 0.138. The molecule has 1 rings (SSSR count). The average molecular weight is 111 g/mol. The second kappa shape index (κ2) is 1.58. The quantitative estimate of drug-likeness (QED) is 0.422. The van der Waals surface area contributed by atoms with E-state index in [2.05, 4.69) is 5.32 Å². The molecule has 3 nitrogen and oxygen atoms in total. The van der Waals surface area contributed by atoms with Gasteiger partial charge in [0.1, 0.15) is 0 Å². The summed E-state index contributed by atoms with van der Waals surface area (Å²) in [5.74, 6) is -1.25. The second-order valence-electron chi connectivity index (χ2n) is 1.72. The highest BCUT2D eigenvalue weighted by Crippen LogP contribution is 2.06. The fourth-order valence-corrected chi connectivity index (χ4v) is 0.574. The minimum absolute atomic E-state index is 0.138. The number of carbonyl (C=O) groups is 2. The van der Waals surface area contributed by atoms with E-state index in [1.54, 1.807) is 0 Å². The zero-order valence-corrected chi connectivity index (χ0v) is 4.18. The van der Waals surface area contributed by atoms with Crippen molar-refractivity contribution in [3.05, 3.63) is 6.92 Å². The van der Waals surface area contributed by atoms with Crippen molar-refractivity contribution in [2.75, 3.05) is 0 Å². The number of hydrogen-bond acceptors (Lipinski definition) is 2. The van der Waals surface area contributed by atoms with Crippen LogP contribution in [0, 0.1) is 12.8 Å². The average Bonchev–Trinajstić information content (AvgIpc) is 1.85. The summed E-state index contributed by atoms with van der Waals surface area (Å²) in [6.45, 7) is 5.14. The molecule has 0 aromatic rings. The van der Waals surface area contributed by atoms with Crippen molar-refractivity contribution >= 4 is 11.8 Å². The molecule has 2 amide bonds. The molecule has 1 N–H and O–H groups in total. The molecule has 2 radical (unpaired) electrons. The van der Waals surface area contributed by atoms with Crippen molar-refractivity contribution in [2.24, 2.45) is 5.92 Å². The van der Waals surface area contributed by atoms with Crippen LogP contribution in [0.15, 0.2) is 0 Å². The minimum Gasteiger partial charge on any atom is -0.296 e. The molecule has 1 saturated heterocycles. The van der Waals surface area contributed by atoms with Gasteiger partial charge in [0.25, 0.3) is 0 Å². The molecule has 1 aliphatic rings. The maximum atomic E-state index is 10.3. The van der Waals surface area contributed by atoms with Crippen molar-refractivity contribution < 1.29 is 9.59 Å². The molecule has 0 aromatic carbocycles. The zero-order valence-electron chi connectivity index (χ0n) is 4.18. The first-order chi connectivity index (χ1) is 3.70. The van der Waals surface area contributed by atoms with Gasteiger partial charge in [0, 0.05) is 6.42 Å². The Labute approximate surface area is 47.1 Å². The molecule has 3 heteroatoms. The Morgan fingerprint density at radius 3 is 2.38 bits per heavy atom. The maximum Gasteiger partial charge on any atom is 0.230 e. The number of rotatable bonds is 0. The Hall–Kier alpha value is -0.860. The van der Waals surface area contributed by atoms with Crippen LogP contribution in [0.25, 0.3) is 0 Å².